The van der Waals surface area contributed by atoms with E-state index in [1.807, 2.05) is 23.1 Å². The second-order valence-electron chi connectivity index (χ2n) is 7.86. The zero-order valence-electron chi connectivity index (χ0n) is 17.1. The molecule has 7 nitrogen and oxygen atoms in total. The number of hydrogen-bond donors (Lipinski definition) is 1. The number of aromatic nitrogens is 1. The fourth-order valence-corrected chi connectivity index (χ4v) is 5.94. The van der Waals surface area contributed by atoms with Crippen LogP contribution in [-0.2, 0) is 4.79 Å². The number of benzene rings is 1. The molecule has 1 aromatic carbocycles. The van der Waals surface area contributed by atoms with Crippen LogP contribution in [0, 0.1) is 11.3 Å². The van der Waals surface area contributed by atoms with Crippen molar-refractivity contribution < 1.29 is 4.79 Å². The maximum absolute atomic E-state index is 12.3. The van der Waals surface area contributed by atoms with Crippen LogP contribution in [0.5, 0.6) is 0 Å². The number of thioether (sulfide) groups is 1. The Bertz CT molecular complexity index is 912. The van der Waals surface area contributed by atoms with Gasteiger partial charge in [0.05, 0.1) is 33.8 Å². The molecule has 1 amide bonds. The lowest BCUT2D eigenvalue weighted by atomic mass is 10.1. The smallest absolute Gasteiger partial charge is 0.240 e. The van der Waals surface area contributed by atoms with Crippen LogP contribution in [0.25, 0.3) is 10.2 Å². The molecule has 2 aromatic rings. The summed E-state index contributed by atoms with van der Waals surface area (Å²) in [6.07, 6.45) is 2.84. The van der Waals surface area contributed by atoms with Crippen molar-refractivity contribution in [3.05, 3.63) is 23.8 Å². The molecule has 1 aromatic heterocycles. The zero-order chi connectivity index (χ0) is 20.9. The second-order valence-corrected chi connectivity index (χ2v) is 9.94. The number of hydrogen-bond acceptors (Lipinski definition) is 8. The second kappa shape index (κ2) is 9.96. The Balaban J connectivity index is 1.18. The Kier molecular flexibility index (Phi) is 7.10. The van der Waals surface area contributed by atoms with Crippen molar-refractivity contribution in [2.45, 2.75) is 25.3 Å². The molecule has 0 bridgehead atoms. The fourth-order valence-electron chi connectivity index (χ4n) is 3.93. The number of rotatable bonds is 7. The van der Waals surface area contributed by atoms with Gasteiger partial charge >= 0.3 is 0 Å². The van der Waals surface area contributed by atoms with Crippen LogP contribution >= 0.6 is 23.1 Å². The third-order valence-electron chi connectivity index (χ3n) is 5.77. The van der Waals surface area contributed by atoms with Gasteiger partial charge < -0.3 is 15.5 Å². The van der Waals surface area contributed by atoms with Crippen LogP contribution in [0.3, 0.4) is 0 Å². The minimum Gasteiger partial charge on any atom is -0.345 e. The van der Waals surface area contributed by atoms with E-state index >= 15 is 0 Å². The van der Waals surface area contributed by atoms with E-state index in [4.69, 9.17) is 16.0 Å². The van der Waals surface area contributed by atoms with Gasteiger partial charge in [-0.1, -0.05) is 17.8 Å². The van der Waals surface area contributed by atoms with Crippen LogP contribution in [0.15, 0.2) is 18.2 Å². The molecule has 2 saturated heterocycles. The number of carbonyl (C=O) groups is 1. The molecule has 4 rings (SSSR count). The van der Waals surface area contributed by atoms with E-state index in [0.717, 1.165) is 85.5 Å². The van der Waals surface area contributed by atoms with E-state index in [2.05, 4.69) is 15.9 Å². The van der Waals surface area contributed by atoms with E-state index in [1.165, 1.54) is 0 Å². The maximum atomic E-state index is 12.3. The molecule has 0 aliphatic carbocycles. The topological polar surface area (TPSA) is 89.5 Å². The normalized spacial score (nSPS) is 18.7. The van der Waals surface area contributed by atoms with Gasteiger partial charge in [0.1, 0.15) is 0 Å². The van der Waals surface area contributed by atoms with Gasteiger partial charge in [-0.25, -0.2) is 4.98 Å². The Hall–Kier alpha value is -1.86. The monoisotopic (exact) mass is 444 g/mol. The number of fused-ring (bicyclic) bond motifs is 1. The summed E-state index contributed by atoms with van der Waals surface area (Å²) in [5, 5.41) is 10.1. The lowest BCUT2D eigenvalue weighted by Gasteiger charge is -2.34. The van der Waals surface area contributed by atoms with Crippen molar-refractivity contribution in [2.75, 3.05) is 55.8 Å². The summed E-state index contributed by atoms with van der Waals surface area (Å²) in [5.74, 6) is 1.94. The summed E-state index contributed by atoms with van der Waals surface area (Å²) in [6, 6.07) is 7.53. The van der Waals surface area contributed by atoms with E-state index in [-0.39, 0.29) is 11.9 Å². The van der Waals surface area contributed by atoms with Crippen molar-refractivity contribution in [3.63, 3.8) is 0 Å². The highest BCUT2D eigenvalue weighted by Crippen LogP contribution is 2.30. The number of thiazole rings is 1. The van der Waals surface area contributed by atoms with Gasteiger partial charge in [-0.05, 0) is 37.6 Å². The van der Waals surface area contributed by atoms with Gasteiger partial charge in [-0.15, -0.1) is 11.8 Å². The van der Waals surface area contributed by atoms with E-state index < -0.39 is 0 Å². The molecule has 9 heteroatoms. The van der Waals surface area contributed by atoms with Crippen molar-refractivity contribution in [2.24, 2.45) is 5.73 Å². The lowest BCUT2D eigenvalue weighted by molar-refractivity contribution is -0.131. The molecule has 30 heavy (non-hydrogen) atoms. The summed E-state index contributed by atoms with van der Waals surface area (Å²) in [7, 11) is 0. The molecule has 0 unspecified atom stereocenters. The van der Waals surface area contributed by atoms with Crippen molar-refractivity contribution in [1.29, 1.82) is 5.26 Å². The predicted octanol–water partition coefficient (Wildman–Crippen LogP) is 2.32. The van der Waals surface area contributed by atoms with E-state index in [0.29, 0.717) is 5.56 Å². The molecular formula is C21H28N6OS2. The third kappa shape index (κ3) is 5.06. The van der Waals surface area contributed by atoms with Gasteiger partial charge in [0, 0.05) is 38.5 Å². The van der Waals surface area contributed by atoms with Crippen molar-refractivity contribution >= 4 is 44.4 Å². The summed E-state index contributed by atoms with van der Waals surface area (Å²) < 4.78 is 1.07. The number of piperazine rings is 1. The number of nitriles is 1. The quantitative estimate of drug-likeness (QED) is 0.656. The standard InChI is InChI=1S/C21H28N6OS2/c22-14-16-4-5-18-19(13-16)30-21(24-18)26-9-7-25(8-10-26)6-2-1-3-17(23)20(28)27-11-12-29-15-27/h4-5,13,17H,1-3,6-12,15,23H2/t17-/m0/s1. The highest BCUT2D eigenvalue weighted by atomic mass is 32.2. The number of carbonyl (C=O) groups excluding carboxylic acids is 1. The maximum Gasteiger partial charge on any atom is 0.240 e. The number of nitrogens with zero attached hydrogens (tertiary/aromatic N) is 5. The lowest BCUT2D eigenvalue weighted by Crippen LogP contribution is -2.46. The first-order valence-electron chi connectivity index (χ1n) is 10.5. The van der Waals surface area contributed by atoms with Crippen LogP contribution in [0.1, 0.15) is 24.8 Å². The highest BCUT2D eigenvalue weighted by molar-refractivity contribution is 7.99. The number of anilines is 1. The minimum absolute atomic E-state index is 0.117. The first kappa shape index (κ1) is 21.4. The minimum atomic E-state index is -0.346. The summed E-state index contributed by atoms with van der Waals surface area (Å²) in [4.78, 5) is 23.7. The van der Waals surface area contributed by atoms with Crippen molar-refractivity contribution in [1.82, 2.24) is 14.8 Å². The number of nitrogens with two attached hydrogens (primary N) is 1. The van der Waals surface area contributed by atoms with E-state index in [9.17, 15) is 4.79 Å². The van der Waals surface area contributed by atoms with Crippen molar-refractivity contribution in [3.8, 4) is 6.07 Å². The largest absolute Gasteiger partial charge is 0.345 e. The Morgan fingerprint density at radius 1 is 1.23 bits per heavy atom. The molecule has 2 aliphatic heterocycles. The third-order valence-corrected chi connectivity index (χ3v) is 7.81. The van der Waals surface area contributed by atoms with Gasteiger partial charge in [-0.2, -0.15) is 5.26 Å². The molecule has 2 aliphatic rings. The zero-order valence-corrected chi connectivity index (χ0v) is 18.8. The van der Waals surface area contributed by atoms with Crippen LogP contribution in [-0.4, -0.2) is 77.6 Å². The number of unbranched alkanes of at least 4 members (excludes halogenated alkanes) is 1. The SMILES string of the molecule is N#Cc1ccc2nc(N3CCN(CCCC[C@H](N)C(=O)N4CCSC4)CC3)sc2c1. The van der Waals surface area contributed by atoms with Gasteiger partial charge in [0.25, 0.3) is 0 Å². The van der Waals surface area contributed by atoms with Gasteiger partial charge in [0.2, 0.25) is 5.91 Å². The number of amides is 1. The molecule has 1 atom stereocenters. The Morgan fingerprint density at radius 2 is 2.07 bits per heavy atom. The first-order chi connectivity index (χ1) is 14.6. The molecule has 3 heterocycles. The molecule has 2 fully saturated rings. The van der Waals surface area contributed by atoms with Gasteiger partial charge in [-0.3, -0.25) is 9.69 Å². The first-order valence-corrected chi connectivity index (χ1v) is 12.5. The fraction of sp³-hybridized carbons (Fsp3) is 0.571. The highest BCUT2D eigenvalue weighted by Gasteiger charge is 2.24. The van der Waals surface area contributed by atoms with Gasteiger partial charge in [0.15, 0.2) is 5.13 Å². The van der Waals surface area contributed by atoms with E-state index in [1.54, 1.807) is 23.1 Å². The molecule has 2 N–H and O–H groups in total. The van der Waals surface area contributed by atoms with Crippen LogP contribution in [0.4, 0.5) is 5.13 Å². The molecular weight excluding hydrogens is 416 g/mol. The summed E-state index contributed by atoms with van der Waals surface area (Å²) in [6.45, 7) is 5.88. The Morgan fingerprint density at radius 3 is 2.80 bits per heavy atom. The average Bonchev–Trinajstić information content (AvgIpc) is 3.46. The average molecular weight is 445 g/mol. The summed E-state index contributed by atoms with van der Waals surface area (Å²) in [5.41, 5.74) is 7.76. The van der Waals surface area contributed by atoms with Crippen LogP contribution < -0.4 is 10.6 Å². The molecule has 160 valence electrons. The Labute approximate surface area is 185 Å². The molecule has 0 spiro atoms. The molecule has 0 radical (unpaired) electrons. The molecule has 0 saturated carbocycles. The summed E-state index contributed by atoms with van der Waals surface area (Å²) >= 11 is 3.46. The van der Waals surface area contributed by atoms with Crippen LogP contribution in [0.2, 0.25) is 0 Å². The predicted molar refractivity (Wildman–Crippen MR) is 124 cm³/mol.